The minimum Gasteiger partial charge on any atom is -0.350 e. The normalized spacial score (nSPS) is 11.1. The van der Waals surface area contributed by atoms with E-state index >= 15 is 0 Å². The van der Waals surface area contributed by atoms with Crippen molar-refractivity contribution in [2.45, 2.75) is 11.4 Å². The molecule has 3 rings (SSSR count). The lowest BCUT2D eigenvalue weighted by molar-refractivity contribution is 0.103. The van der Waals surface area contributed by atoms with Gasteiger partial charge >= 0.3 is 0 Å². The van der Waals surface area contributed by atoms with Crippen molar-refractivity contribution in [2.75, 3.05) is 11.6 Å². The highest BCUT2D eigenvalue weighted by Gasteiger charge is 2.14. The van der Waals surface area contributed by atoms with Crippen molar-refractivity contribution in [1.29, 1.82) is 0 Å². The van der Waals surface area contributed by atoms with Crippen LogP contribution >= 0.6 is 0 Å². The molecule has 0 aliphatic heterocycles. The van der Waals surface area contributed by atoms with Gasteiger partial charge in [0.1, 0.15) is 6.33 Å². The Hall–Kier alpha value is -3.20. The number of hydrogen-bond acceptors (Lipinski definition) is 8. The molecule has 0 radical (unpaired) electrons. The van der Waals surface area contributed by atoms with E-state index < -0.39 is 9.84 Å². The number of sulfone groups is 1. The van der Waals surface area contributed by atoms with Crippen LogP contribution in [0.4, 0.5) is 5.95 Å². The molecule has 26 heavy (non-hydrogen) atoms. The maximum Gasteiger partial charge on any atom is 0.222 e. The first kappa shape index (κ1) is 17.6. The molecule has 0 saturated carbocycles. The van der Waals surface area contributed by atoms with Crippen LogP contribution < -0.4 is 5.32 Å². The predicted octanol–water partition coefficient (Wildman–Crippen LogP) is 1.51. The maximum atomic E-state index is 12.5. The van der Waals surface area contributed by atoms with Crippen LogP contribution in [-0.4, -0.2) is 40.4 Å². The highest BCUT2D eigenvalue weighted by atomic mass is 32.2. The van der Waals surface area contributed by atoms with E-state index in [2.05, 4.69) is 25.3 Å². The van der Waals surface area contributed by atoms with Crippen molar-refractivity contribution in [2.24, 2.45) is 0 Å². The highest BCUT2D eigenvalue weighted by molar-refractivity contribution is 7.90. The molecule has 0 amide bonds. The topological polar surface area (TPSA) is 115 Å². The van der Waals surface area contributed by atoms with Crippen LogP contribution in [0.15, 0.2) is 60.3 Å². The van der Waals surface area contributed by atoms with E-state index in [1.54, 1.807) is 18.5 Å². The van der Waals surface area contributed by atoms with Gasteiger partial charge in [0.15, 0.2) is 15.6 Å². The van der Waals surface area contributed by atoms with Crippen molar-refractivity contribution in [3.8, 4) is 0 Å². The molecule has 0 fully saturated rings. The van der Waals surface area contributed by atoms with Crippen LogP contribution in [0.25, 0.3) is 0 Å². The van der Waals surface area contributed by atoms with Gasteiger partial charge in [0, 0.05) is 48.7 Å². The molecule has 0 unspecified atom stereocenters. The fourth-order valence-corrected chi connectivity index (χ4v) is 2.84. The Bertz CT molecular complexity index is 1020. The Kier molecular flexibility index (Phi) is 4.99. The van der Waals surface area contributed by atoms with Crippen LogP contribution in [0.5, 0.6) is 0 Å². The molecule has 132 valence electrons. The van der Waals surface area contributed by atoms with Gasteiger partial charge in [-0.05, 0) is 12.1 Å². The number of benzene rings is 1. The van der Waals surface area contributed by atoms with Gasteiger partial charge in [0.2, 0.25) is 5.95 Å². The summed E-state index contributed by atoms with van der Waals surface area (Å²) in [6.45, 7) is 0.449. The van der Waals surface area contributed by atoms with Gasteiger partial charge in [-0.2, -0.15) is 0 Å². The summed E-state index contributed by atoms with van der Waals surface area (Å²) >= 11 is 0. The third-order valence-electron chi connectivity index (χ3n) is 3.50. The van der Waals surface area contributed by atoms with Crippen molar-refractivity contribution >= 4 is 21.6 Å². The van der Waals surface area contributed by atoms with E-state index in [4.69, 9.17) is 0 Å². The first-order valence-corrected chi connectivity index (χ1v) is 9.47. The van der Waals surface area contributed by atoms with Gasteiger partial charge in [0.25, 0.3) is 0 Å². The molecule has 0 spiro atoms. The van der Waals surface area contributed by atoms with E-state index in [0.717, 1.165) is 11.8 Å². The van der Waals surface area contributed by atoms with Crippen molar-refractivity contribution < 1.29 is 13.2 Å². The molecule has 3 aromatic rings. The quantitative estimate of drug-likeness (QED) is 0.650. The van der Waals surface area contributed by atoms with Crippen molar-refractivity contribution in [3.05, 3.63) is 72.1 Å². The van der Waals surface area contributed by atoms with Crippen molar-refractivity contribution in [1.82, 2.24) is 19.9 Å². The number of carbonyl (C=O) groups is 1. The first-order valence-electron chi connectivity index (χ1n) is 7.58. The van der Waals surface area contributed by atoms with E-state index in [1.165, 1.54) is 36.9 Å². The number of ketones is 1. The molecule has 1 aromatic carbocycles. The number of nitrogens with one attached hydrogen (secondary N) is 1. The second-order valence-corrected chi connectivity index (χ2v) is 7.54. The zero-order valence-corrected chi connectivity index (χ0v) is 14.6. The summed E-state index contributed by atoms with van der Waals surface area (Å²) in [5.41, 5.74) is 1.40. The van der Waals surface area contributed by atoms with Gasteiger partial charge in [-0.3, -0.25) is 4.79 Å². The molecule has 0 atom stereocenters. The molecule has 0 bridgehead atoms. The summed E-state index contributed by atoms with van der Waals surface area (Å²) in [7, 11) is -3.39. The molecule has 9 heteroatoms. The fraction of sp³-hybridized carbons (Fsp3) is 0.118. The molecule has 8 nitrogen and oxygen atoms in total. The number of nitrogens with zero attached hydrogens (tertiary/aromatic N) is 4. The summed E-state index contributed by atoms with van der Waals surface area (Å²) < 4.78 is 23.2. The van der Waals surface area contributed by atoms with Gasteiger partial charge < -0.3 is 5.32 Å². The Morgan fingerprint density at radius 1 is 1.04 bits per heavy atom. The molecule has 0 aliphatic rings. The number of carbonyl (C=O) groups excluding carboxylic acids is 1. The standard InChI is InChI=1S/C17H15N5O3S/c1-26(24,25)15-4-2-3-13(5-15)16(23)14-9-21-17(22-10-14)20-8-12-6-18-11-19-7-12/h2-7,9-11H,8H2,1H3,(H,20,21,22). The summed E-state index contributed by atoms with van der Waals surface area (Å²) in [5.74, 6) is 0.00815. The number of hydrogen-bond donors (Lipinski definition) is 1. The third kappa shape index (κ3) is 4.25. The zero-order valence-electron chi connectivity index (χ0n) is 13.8. The largest absolute Gasteiger partial charge is 0.350 e. The second-order valence-electron chi connectivity index (χ2n) is 5.52. The smallest absolute Gasteiger partial charge is 0.222 e. The fourth-order valence-electron chi connectivity index (χ4n) is 2.17. The predicted molar refractivity (Wildman–Crippen MR) is 94.4 cm³/mol. The van der Waals surface area contributed by atoms with Crippen molar-refractivity contribution in [3.63, 3.8) is 0 Å². The van der Waals surface area contributed by atoms with Crippen LogP contribution in [0.3, 0.4) is 0 Å². The second kappa shape index (κ2) is 7.36. The summed E-state index contributed by atoms with van der Waals surface area (Å²) in [5, 5.41) is 3.00. The van der Waals surface area contributed by atoms with Crippen LogP contribution in [-0.2, 0) is 16.4 Å². The maximum absolute atomic E-state index is 12.5. The average Bonchev–Trinajstić information content (AvgIpc) is 2.66. The van der Waals surface area contributed by atoms with Crippen LogP contribution in [0.2, 0.25) is 0 Å². The van der Waals surface area contributed by atoms with Crippen LogP contribution in [0, 0.1) is 0 Å². The van der Waals surface area contributed by atoms with Gasteiger partial charge in [-0.25, -0.2) is 28.4 Å². The number of rotatable bonds is 6. The highest BCUT2D eigenvalue weighted by Crippen LogP contribution is 2.15. The van der Waals surface area contributed by atoms with E-state index in [-0.39, 0.29) is 21.8 Å². The lowest BCUT2D eigenvalue weighted by Gasteiger charge is -2.06. The summed E-state index contributed by atoms with van der Waals surface area (Å²) in [6.07, 6.45) is 8.68. The van der Waals surface area contributed by atoms with E-state index in [9.17, 15) is 13.2 Å². The molecule has 0 aliphatic carbocycles. The van der Waals surface area contributed by atoms with Crippen LogP contribution in [0.1, 0.15) is 21.5 Å². The average molecular weight is 369 g/mol. The Morgan fingerprint density at radius 3 is 2.38 bits per heavy atom. The van der Waals surface area contributed by atoms with E-state index in [1.807, 2.05) is 0 Å². The number of aromatic nitrogens is 4. The molecule has 0 saturated heterocycles. The minimum absolute atomic E-state index is 0.0904. The van der Waals surface area contributed by atoms with Gasteiger partial charge in [0.05, 0.1) is 10.5 Å². The lowest BCUT2D eigenvalue weighted by atomic mass is 10.1. The molecular formula is C17H15N5O3S. The summed E-state index contributed by atoms with van der Waals surface area (Å²) in [4.78, 5) is 28.6. The Morgan fingerprint density at radius 2 is 1.73 bits per heavy atom. The lowest BCUT2D eigenvalue weighted by Crippen LogP contribution is -2.08. The van der Waals surface area contributed by atoms with E-state index in [0.29, 0.717) is 12.5 Å². The molecule has 1 N–H and O–H groups in total. The SMILES string of the molecule is CS(=O)(=O)c1cccc(C(=O)c2cnc(NCc3cncnc3)nc2)c1. The monoisotopic (exact) mass is 369 g/mol. The third-order valence-corrected chi connectivity index (χ3v) is 4.61. The number of anilines is 1. The Labute approximate surface area is 150 Å². The Balaban J connectivity index is 1.73. The zero-order chi connectivity index (χ0) is 18.6. The minimum atomic E-state index is -3.39. The molecule has 2 heterocycles. The van der Waals surface area contributed by atoms with Gasteiger partial charge in [-0.1, -0.05) is 12.1 Å². The first-order chi connectivity index (χ1) is 12.4. The van der Waals surface area contributed by atoms with Gasteiger partial charge in [-0.15, -0.1) is 0 Å². The summed E-state index contributed by atoms with van der Waals surface area (Å²) in [6, 6.07) is 5.88. The molecule has 2 aromatic heterocycles. The molecular weight excluding hydrogens is 354 g/mol.